The number of carbonyl (C=O) groups is 1. The Morgan fingerprint density at radius 3 is 2.74 bits per heavy atom. The topological polar surface area (TPSA) is 64.3 Å². The number of rotatable bonds is 6. The zero-order valence-electron chi connectivity index (χ0n) is 10.9. The van der Waals surface area contributed by atoms with E-state index >= 15 is 0 Å². The summed E-state index contributed by atoms with van der Waals surface area (Å²) < 4.78 is 5.84. The van der Waals surface area contributed by atoms with Gasteiger partial charge < -0.3 is 15.8 Å². The zero-order valence-corrected chi connectivity index (χ0v) is 11.8. The molecule has 0 unspecified atom stereocenters. The number of nitrogens with one attached hydrogen (secondary N) is 1. The van der Waals surface area contributed by atoms with Gasteiger partial charge in [0.15, 0.2) is 0 Å². The summed E-state index contributed by atoms with van der Waals surface area (Å²) in [5.41, 5.74) is 6.40. The van der Waals surface area contributed by atoms with Crippen LogP contribution >= 0.6 is 12.2 Å². The first-order valence-corrected chi connectivity index (χ1v) is 6.69. The SMILES string of the molecule is CC(=O)Nc1ccccc1OCC1(CC(N)=S)CC1. The van der Waals surface area contributed by atoms with Crippen LogP contribution in [-0.2, 0) is 4.79 Å². The number of benzene rings is 1. The molecule has 4 nitrogen and oxygen atoms in total. The second kappa shape index (κ2) is 5.57. The van der Waals surface area contributed by atoms with Gasteiger partial charge in [-0.05, 0) is 25.0 Å². The van der Waals surface area contributed by atoms with E-state index in [1.54, 1.807) is 0 Å². The number of nitrogens with two attached hydrogens (primary N) is 1. The van der Waals surface area contributed by atoms with E-state index in [0.29, 0.717) is 23.0 Å². The van der Waals surface area contributed by atoms with Crippen molar-refractivity contribution in [1.82, 2.24) is 0 Å². The summed E-state index contributed by atoms with van der Waals surface area (Å²) in [4.78, 5) is 11.7. The van der Waals surface area contributed by atoms with Gasteiger partial charge in [0.1, 0.15) is 5.75 Å². The van der Waals surface area contributed by atoms with Crippen molar-refractivity contribution >= 4 is 28.8 Å². The van der Waals surface area contributed by atoms with Crippen LogP contribution in [0.1, 0.15) is 26.2 Å². The molecule has 2 rings (SSSR count). The Balaban J connectivity index is 1.99. The molecule has 0 spiro atoms. The highest BCUT2D eigenvalue weighted by Crippen LogP contribution is 2.49. The van der Waals surface area contributed by atoms with Crippen LogP contribution in [0.4, 0.5) is 5.69 Å². The smallest absolute Gasteiger partial charge is 0.221 e. The fourth-order valence-electron chi connectivity index (χ4n) is 2.03. The first-order valence-electron chi connectivity index (χ1n) is 6.28. The van der Waals surface area contributed by atoms with Crippen LogP contribution < -0.4 is 15.8 Å². The molecule has 19 heavy (non-hydrogen) atoms. The Morgan fingerprint density at radius 1 is 1.47 bits per heavy atom. The summed E-state index contributed by atoms with van der Waals surface area (Å²) in [6.45, 7) is 2.06. The molecule has 1 aliphatic rings. The number of carbonyl (C=O) groups excluding carboxylic acids is 1. The van der Waals surface area contributed by atoms with E-state index < -0.39 is 0 Å². The number of thiocarbonyl (C=S) groups is 1. The van der Waals surface area contributed by atoms with Crippen LogP contribution in [-0.4, -0.2) is 17.5 Å². The average Bonchev–Trinajstić information content (AvgIpc) is 3.06. The van der Waals surface area contributed by atoms with Crippen LogP contribution in [0, 0.1) is 5.41 Å². The summed E-state index contributed by atoms with van der Waals surface area (Å²) >= 11 is 4.96. The third kappa shape index (κ3) is 3.92. The van der Waals surface area contributed by atoms with Crippen LogP contribution in [0.5, 0.6) is 5.75 Å². The van der Waals surface area contributed by atoms with Crippen molar-refractivity contribution in [1.29, 1.82) is 0 Å². The molecule has 0 aromatic heterocycles. The van der Waals surface area contributed by atoms with E-state index in [9.17, 15) is 4.79 Å². The minimum atomic E-state index is -0.111. The monoisotopic (exact) mass is 278 g/mol. The molecule has 1 fully saturated rings. The van der Waals surface area contributed by atoms with Gasteiger partial charge >= 0.3 is 0 Å². The minimum Gasteiger partial charge on any atom is -0.491 e. The third-order valence-corrected chi connectivity index (χ3v) is 3.38. The van der Waals surface area contributed by atoms with Crippen molar-refractivity contribution in [3.8, 4) is 5.75 Å². The van der Waals surface area contributed by atoms with Gasteiger partial charge in [0, 0.05) is 18.8 Å². The summed E-state index contributed by atoms with van der Waals surface area (Å²) in [5, 5.41) is 2.76. The van der Waals surface area contributed by atoms with Crippen molar-refractivity contribution in [2.24, 2.45) is 11.1 Å². The summed E-state index contributed by atoms with van der Waals surface area (Å²) in [6.07, 6.45) is 2.91. The average molecular weight is 278 g/mol. The molecule has 1 aromatic rings. The molecule has 0 aliphatic heterocycles. The molecule has 0 bridgehead atoms. The standard InChI is InChI=1S/C14H18N2O2S/c1-10(17)16-11-4-2-3-5-12(11)18-9-14(6-7-14)8-13(15)19/h2-5H,6-9H2,1H3,(H2,15,19)(H,16,17). The molecule has 0 saturated heterocycles. The van der Waals surface area contributed by atoms with Crippen LogP contribution in [0.2, 0.25) is 0 Å². The van der Waals surface area contributed by atoms with Crippen molar-refractivity contribution in [3.63, 3.8) is 0 Å². The fraction of sp³-hybridized carbons (Fsp3) is 0.429. The Kier molecular flexibility index (Phi) is 4.04. The molecule has 0 radical (unpaired) electrons. The van der Waals surface area contributed by atoms with Crippen molar-refractivity contribution < 1.29 is 9.53 Å². The molecular weight excluding hydrogens is 260 g/mol. The highest BCUT2D eigenvalue weighted by Gasteiger charge is 2.43. The Hall–Kier alpha value is -1.62. The Morgan fingerprint density at radius 2 is 2.16 bits per heavy atom. The number of hydrogen-bond donors (Lipinski definition) is 2. The first kappa shape index (κ1) is 13.8. The molecule has 102 valence electrons. The van der Waals surface area contributed by atoms with Gasteiger partial charge in [-0.25, -0.2) is 0 Å². The van der Waals surface area contributed by atoms with Crippen molar-refractivity contribution in [3.05, 3.63) is 24.3 Å². The minimum absolute atomic E-state index is 0.106. The quantitative estimate of drug-likeness (QED) is 0.785. The van der Waals surface area contributed by atoms with Gasteiger partial charge in [-0.1, -0.05) is 24.4 Å². The normalized spacial score (nSPS) is 15.6. The van der Waals surface area contributed by atoms with Gasteiger partial charge in [0.25, 0.3) is 0 Å². The maximum absolute atomic E-state index is 11.1. The first-order chi connectivity index (χ1) is 9.01. The molecule has 3 N–H and O–H groups in total. The molecule has 1 amide bonds. The molecule has 1 saturated carbocycles. The molecule has 0 atom stereocenters. The lowest BCUT2D eigenvalue weighted by Crippen LogP contribution is -2.21. The van der Waals surface area contributed by atoms with Gasteiger partial charge in [-0.15, -0.1) is 0 Å². The maximum Gasteiger partial charge on any atom is 0.221 e. The zero-order chi connectivity index (χ0) is 13.9. The second-order valence-corrected chi connectivity index (χ2v) is 5.63. The van der Waals surface area contributed by atoms with Gasteiger partial charge in [-0.2, -0.15) is 0 Å². The Labute approximate surface area is 118 Å². The number of ether oxygens (including phenoxy) is 1. The Bertz CT molecular complexity index is 498. The van der Waals surface area contributed by atoms with Crippen LogP contribution in [0.15, 0.2) is 24.3 Å². The number of para-hydroxylation sites is 2. The number of anilines is 1. The van der Waals surface area contributed by atoms with Crippen molar-refractivity contribution in [2.75, 3.05) is 11.9 Å². The highest BCUT2D eigenvalue weighted by molar-refractivity contribution is 7.80. The number of hydrogen-bond acceptors (Lipinski definition) is 3. The molecule has 1 aliphatic carbocycles. The van der Waals surface area contributed by atoms with Crippen LogP contribution in [0.25, 0.3) is 0 Å². The van der Waals surface area contributed by atoms with E-state index in [-0.39, 0.29) is 11.3 Å². The van der Waals surface area contributed by atoms with E-state index in [4.69, 9.17) is 22.7 Å². The lowest BCUT2D eigenvalue weighted by molar-refractivity contribution is -0.114. The lowest BCUT2D eigenvalue weighted by atomic mass is 10.0. The molecule has 5 heteroatoms. The fourth-order valence-corrected chi connectivity index (χ4v) is 2.34. The molecule has 1 aromatic carbocycles. The van der Waals surface area contributed by atoms with E-state index in [2.05, 4.69) is 5.32 Å². The molecular formula is C14H18N2O2S. The van der Waals surface area contributed by atoms with Gasteiger partial charge in [0.05, 0.1) is 17.3 Å². The maximum atomic E-state index is 11.1. The van der Waals surface area contributed by atoms with E-state index in [1.807, 2.05) is 24.3 Å². The summed E-state index contributed by atoms with van der Waals surface area (Å²) in [6, 6.07) is 7.42. The van der Waals surface area contributed by atoms with Crippen LogP contribution in [0.3, 0.4) is 0 Å². The number of amides is 1. The largest absolute Gasteiger partial charge is 0.491 e. The van der Waals surface area contributed by atoms with E-state index in [0.717, 1.165) is 19.3 Å². The van der Waals surface area contributed by atoms with Crippen molar-refractivity contribution in [2.45, 2.75) is 26.2 Å². The highest BCUT2D eigenvalue weighted by atomic mass is 32.1. The van der Waals surface area contributed by atoms with E-state index in [1.165, 1.54) is 6.92 Å². The third-order valence-electron chi connectivity index (χ3n) is 3.24. The predicted molar refractivity (Wildman–Crippen MR) is 79.3 cm³/mol. The van der Waals surface area contributed by atoms with Gasteiger partial charge in [-0.3, -0.25) is 4.79 Å². The lowest BCUT2D eigenvalue weighted by Gasteiger charge is -2.17. The predicted octanol–water partition coefficient (Wildman–Crippen LogP) is 2.48. The van der Waals surface area contributed by atoms with Gasteiger partial charge in [0.2, 0.25) is 5.91 Å². The second-order valence-electron chi connectivity index (χ2n) is 5.11. The summed E-state index contributed by atoms with van der Waals surface area (Å²) in [5.74, 6) is 0.576. The summed E-state index contributed by atoms with van der Waals surface area (Å²) in [7, 11) is 0. The molecule has 0 heterocycles.